The number of amides is 2. The van der Waals surface area contributed by atoms with Gasteiger partial charge in [-0.1, -0.05) is 163 Å². The van der Waals surface area contributed by atoms with Crippen molar-refractivity contribution in [3.8, 4) is 22.3 Å². The maximum atomic E-state index is 16.4. The summed E-state index contributed by atoms with van der Waals surface area (Å²) in [5.41, 5.74) is 25.5. The molecule has 56 heavy (non-hydrogen) atoms. The number of benzene rings is 6. The van der Waals surface area contributed by atoms with Gasteiger partial charge in [-0.3, -0.25) is 9.80 Å². The fourth-order valence-corrected chi connectivity index (χ4v) is 13.0. The van der Waals surface area contributed by atoms with Crippen LogP contribution in [0.25, 0.3) is 44.0 Å². The van der Waals surface area contributed by atoms with Gasteiger partial charge in [0.1, 0.15) is 0 Å². The van der Waals surface area contributed by atoms with E-state index in [2.05, 4.69) is 162 Å². The normalized spacial score (nSPS) is 18.7. The number of nitrogens with zero attached hydrogens (tertiary/aromatic N) is 2. The summed E-state index contributed by atoms with van der Waals surface area (Å²) in [7, 11) is 0. The zero-order valence-corrected chi connectivity index (χ0v) is 33.3. The summed E-state index contributed by atoms with van der Waals surface area (Å²) in [6.45, 7) is 19.0. The summed E-state index contributed by atoms with van der Waals surface area (Å²) in [5.74, 6) is 0.210. The minimum atomic E-state index is -0.270. The molecule has 0 radical (unpaired) electrons. The minimum absolute atomic E-state index is 0.0550. The second-order valence-corrected chi connectivity index (χ2v) is 19.1. The SMILES string of the molecule is CC(C)C1=C2B3c4c(cccc4C(C)(C)c4cc5cc6c7c8c5c(c43)N1C(=O)N8C(C(C)C)=C1B7c3c(cccc3C6(C)C)-c3ccccc31)-c1ccccc12. The number of fused-ring (bicyclic) bond motifs is 6. The third-order valence-corrected chi connectivity index (χ3v) is 15.1. The van der Waals surface area contributed by atoms with Gasteiger partial charge in [-0.25, -0.2) is 4.79 Å². The first-order chi connectivity index (χ1) is 26.9. The van der Waals surface area contributed by atoms with E-state index in [1.165, 1.54) is 99.2 Å². The topological polar surface area (TPSA) is 23.6 Å². The highest BCUT2D eigenvalue weighted by molar-refractivity contribution is 7.05. The van der Waals surface area contributed by atoms with Crippen LogP contribution in [0.5, 0.6) is 0 Å². The van der Waals surface area contributed by atoms with Gasteiger partial charge in [0, 0.05) is 27.6 Å². The lowest BCUT2D eigenvalue weighted by Gasteiger charge is -2.55. The molecule has 0 atom stereocenters. The molecule has 0 aromatic heterocycles. The lowest BCUT2D eigenvalue weighted by atomic mass is 9.25. The largest absolute Gasteiger partial charge is 0.337 e. The van der Waals surface area contributed by atoms with Crippen LogP contribution in [0, 0.1) is 11.8 Å². The van der Waals surface area contributed by atoms with Crippen molar-refractivity contribution in [2.24, 2.45) is 11.8 Å². The van der Waals surface area contributed by atoms with Gasteiger partial charge in [0.25, 0.3) is 0 Å². The Bertz CT molecular complexity index is 2830. The lowest BCUT2D eigenvalue weighted by molar-refractivity contribution is 0.253. The number of rotatable bonds is 2. The van der Waals surface area contributed by atoms with E-state index >= 15 is 4.79 Å². The monoisotopic (exact) mass is 720 g/mol. The zero-order chi connectivity index (χ0) is 38.1. The average Bonchev–Trinajstić information content (AvgIpc) is 3.19. The molecule has 7 aliphatic heterocycles. The van der Waals surface area contributed by atoms with Crippen LogP contribution in [0.3, 0.4) is 0 Å². The molecule has 268 valence electrons. The average molecular weight is 721 g/mol. The van der Waals surface area contributed by atoms with Crippen molar-refractivity contribution in [2.45, 2.75) is 66.2 Å². The molecule has 7 heterocycles. The Morgan fingerprint density at radius 3 is 1.29 bits per heavy atom. The number of carbonyl (C=O) groups excluding carboxylic acids is 1. The van der Waals surface area contributed by atoms with Crippen LogP contribution in [-0.2, 0) is 10.8 Å². The summed E-state index contributed by atoms with van der Waals surface area (Å²) in [5, 5.41) is 2.50. The third kappa shape index (κ3) is 3.21. The Morgan fingerprint density at radius 1 is 0.482 bits per heavy atom. The standard InChI is InChI=1S/C51H42B2N2O/c1-25(2)45-41-32-17-11-9-15-28(32)30-19-13-21-34-39(30)52(41)43-36(50(34,5)6)23-27-24-37-44-48-38(27)47(43)54(45)49(56)55(48)46(26(3)4)42-33-18-12-10-16-29(33)31-20-14-22-35(51(37,7)8)40(31)53(42)44/h9-26H,1-8H3. The second kappa shape index (κ2) is 9.69. The summed E-state index contributed by atoms with van der Waals surface area (Å²) in [6.07, 6.45) is 0. The Kier molecular flexibility index (Phi) is 5.48. The molecule has 6 aromatic rings. The Labute approximate surface area is 329 Å². The van der Waals surface area contributed by atoms with Crippen molar-refractivity contribution >= 4 is 74.4 Å². The van der Waals surface area contributed by atoms with Gasteiger partial charge in [0.05, 0.1) is 11.4 Å². The van der Waals surface area contributed by atoms with Crippen LogP contribution >= 0.6 is 0 Å². The van der Waals surface area contributed by atoms with Crippen molar-refractivity contribution in [1.82, 2.24) is 0 Å². The zero-order valence-electron chi connectivity index (χ0n) is 33.3. The number of carbonyl (C=O) groups is 1. The van der Waals surface area contributed by atoms with Crippen molar-refractivity contribution in [1.29, 1.82) is 0 Å². The number of urea groups is 1. The van der Waals surface area contributed by atoms with E-state index in [1.807, 2.05) is 0 Å². The van der Waals surface area contributed by atoms with Crippen LogP contribution in [0.4, 0.5) is 16.2 Å². The van der Waals surface area contributed by atoms with Gasteiger partial charge in [0.15, 0.2) is 0 Å². The molecule has 7 aliphatic rings. The van der Waals surface area contributed by atoms with Crippen molar-refractivity contribution in [3.05, 3.63) is 142 Å². The molecule has 0 N–H and O–H groups in total. The van der Waals surface area contributed by atoms with E-state index in [1.54, 1.807) is 0 Å². The highest BCUT2D eigenvalue weighted by Gasteiger charge is 2.58. The van der Waals surface area contributed by atoms with Crippen LogP contribution in [0.1, 0.15) is 88.8 Å². The molecule has 13 rings (SSSR count). The van der Waals surface area contributed by atoms with Gasteiger partial charge in [-0.2, -0.15) is 0 Å². The number of anilines is 2. The van der Waals surface area contributed by atoms with Crippen molar-refractivity contribution < 1.29 is 4.79 Å². The van der Waals surface area contributed by atoms with E-state index in [4.69, 9.17) is 0 Å². The Balaban J connectivity index is 1.28. The van der Waals surface area contributed by atoms with E-state index in [0.717, 1.165) is 22.8 Å². The van der Waals surface area contributed by atoms with Crippen molar-refractivity contribution in [3.63, 3.8) is 0 Å². The van der Waals surface area contributed by atoms with Crippen LogP contribution in [0.15, 0.2) is 108 Å². The maximum absolute atomic E-state index is 16.4. The first kappa shape index (κ1) is 31.6. The fraction of sp³-hybridized carbons (Fsp3) is 0.235. The summed E-state index contributed by atoms with van der Waals surface area (Å²) < 4.78 is 0. The first-order valence-electron chi connectivity index (χ1n) is 20.7. The van der Waals surface area contributed by atoms with Gasteiger partial charge in [0.2, 0.25) is 13.4 Å². The quantitative estimate of drug-likeness (QED) is 0.164. The van der Waals surface area contributed by atoms with Gasteiger partial charge < -0.3 is 0 Å². The van der Waals surface area contributed by atoms with E-state index < -0.39 is 0 Å². The molecule has 6 aromatic carbocycles. The Hall–Kier alpha value is -5.54. The highest BCUT2D eigenvalue weighted by atomic mass is 16.2. The summed E-state index contributed by atoms with van der Waals surface area (Å²) >= 11 is 0. The Morgan fingerprint density at radius 2 is 0.875 bits per heavy atom. The molecule has 3 nitrogen and oxygen atoms in total. The molecule has 0 spiro atoms. The van der Waals surface area contributed by atoms with E-state index in [9.17, 15) is 0 Å². The molecular weight excluding hydrogens is 678 g/mol. The first-order valence-corrected chi connectivity index (χ1v) is 20.7. The van der Waals surface area contributed by atoms with Crippen LogP contribution < -0.4 is 31.7 Å². The molecule has 2 amide bonds. The molecule has 0 saturated carbocycles. The molecule has 0 unspecified atom stereocenters. The third-order valence-electron chi connectivity index (χ3n) is 15.1. The number of hydrogen-bond donors (Lipinski definition) is 0. The maximum Gasteiger partial charge on any atom is 0.337 e. The molecule has 0 aliphatic carbocycles. The highest BCUT2D eigenvalue weighted by Crippen LogP contribution is 2.58. The molecule has 0 saturated heterocycles. The summed E-state index contributed by atoms with van der Waals surface area (Å²) in [6, 6.07) is 37.1. The number of allylic oxidation sites excluding steroid dienone is 2. The molecule has 0 fully saturated rings. The van der Waals surface area contributed by atoms with Gasteiger partial charge >= 0.3 is 6.03 Å². The van der Waals surface area contributed by atoms with Crippen molar-refractivity contribution in [2.75, 3.05) is 9.80 Å². The molecule has 0 bridgehead atoms. The van der Waals surface area contributed by atoms with Gasteiger partial charge in [-0.15, -0.1) is 0 Å². The predicted octanol–water partition coefficient (Wildman–Crippen LogP) is 9.28. The minimum Gasteiger partial charge on any atom is -0.266 e. The van der Waals surface area contributed by atoms with Gasteiger partial charge in [-0.05, 0) is 94.7 Å². The lowest BCUT2D eigenvalue weighted by Crippen LogP contribution is -2.66. The van der Waals surface area contributed by atoms with E-state index in [0.29, 0.717) is 0 Å². The smallest absolute Gasteiger partial charge is 0.266 e. The fourth-order valence-electron chi connectivity index (χ4n) is 13.0. The number of hydrogen-bond acceptors (Lipinski definition) is 1. The summed E-state index contributed by atoms with van der Waals surface area (Å²) in [4.78, 5) is 20.9. The molecule has 5 heteroatoms. The van der Waals surface area contributed by atoms with E-state index in [-0.39, 0.29) is 42.1 Å². The molecular formula is C51H42B2N2O. The van der Waals surface area contributed by atoms with Crippen LogP contribution in [-0.4, -0.2) is 19.5 Å². The second-order valence-electron chi connectivity index (χ2n) is 19.1. The van der Waals surface area contributed by atoms with Crippen LogP contribution in [0.2, 0.25) is 0 Å². The predicted molar refractivity (Wildman–Crippen MR) is 236 cm³/mol.